The van der Waals surface area contributed by atoms with E-state index in [9.17, 15) is 19.6 Å². The molecule has 2 N–H and O–H groups in total. The van der Waals surface area contributed by atoms with Crippen molar-refractivity contribution < 1.29 is 28.2 Å². The molecule has 0 unspecified atom stereocenters. The van der Waals surface area contributed by atoms with Crippen molar-refractivity contribution in [2.75, 3.05) is 31.1 Å². The third-order valence-electron chi connectivity index (χ3n) is 8.56. The average molecular weight is 667 g/mol. The van der Waals surface area contributed by atoms with Crippen LogP contribution in [0.15, 0.2) is 54.6 Å². The molecule has 1 fully saturated rings. The van der Waals surface area contributed by atoms with Crippen LogP contribution in [0.5, 0.6) is 5.75 Å². The zero-order valence-electron chi connectivity index (χ0n) is 27.9. The maximum Gasteiger partial charge on any atom is 0.306 e. The number of esters is 1. The third-order valence-corrected chi connectivity index (χ3v) is 8.56. The van der Waals surface area contributed by atoms with E-state index in [0.29, 0.717) is 40.2 Å². The van der Waals surface area contributed by atoms with E-state index < -0.39 is 35.2 Å². The Morgan fingerprint density at radius 1 is 1.10 bits per heavy atom. The maximum atomic E-state index is 15.3. The van der Waals surface area contributed by atoms with Gasteiger partial charge in [-0.1, -0.05) is 24.3 Å². The molecule has 254 valence electrons. The topological polar surface area (TPSA) is 134 Å². The van der Waals surface area contributed by atoms with Crippen molar-refractivity contribution in [3.63, 3.8) is 0 Å². The Hall–Kier alpha value is -5.46. The van der Waals surface area contributed by atoms with Crippen LogP contribution in [0.4, 0.5) is 15.8 Å². The number of primary amides is 1. The quantitative estimate of drug-likeness (QED) is 0.221. The van der Waals surface area contributed by atoms with Crippen LogP contribution < -0.4 is 15.4 Å². The minimum Gasteiger partial charge on any atom is -0.488 e. The fourth-order valence-electron chi connectivity index (χ4n) is 6.10. The largest absolute Gasteiger partial charge is 0.488 e. The van der Waals surface area contributed by atoms with E-state index in [0.717, 1.165) is 37.4 Å². The van der Waals surface area contributed by atoms with Gasteiger partial charge >= 0.3 is 5.97 Å². The second-order valence-electron chi connectivity index (χ2n) is 13.2. The van der Waals surface area contributed by atoms with Gasteiger partial charge in [-0.25, -0.2) is 9.24 Å². The SMILES string of the molecule is [C-]#[N+]c1ccc(N2CCN(Cc3ccc(COc4cccc5c4CN([C@@H](CCC(=O)OC(C)(C)C)C(N)=O)C5=O)c(F)c3)CC2)cc1C#N. The number of anilines is 1. The van der Waals surface area contributed by atoms with E-state index >= 15 is 4.39 Å². The molecule has 0 spiro atoms. The molecule has 0 aliphatic carbocycles. The summed E-state index contributed by atoms with van der Waals surface area (Å²) in [7, 11) is 0. The number of nitrogens with zero attached hydrogens (tertiary/aromatic N) is 5. The summed E-state index contributed by atoms with van der Waals surface area (Å²) >= 11 is 0. The van der Waals surface area contributed by atoms with E-state index in [2.05, 4.69) is 20.7 Å². The predicted molar refractivity (Wildman–Crippen MR) is 180 cm³/mol. The lowest BCUT2D eigenvalue weighted by Crippen LogP contribution is -2.46. The minimum atomic E-state index is -1.01. The first-order valence-corrected chi connectivity index (χ1v) is 16.1. The Balaban J connectivity index is 1.17. The van der Waals surface area contributed by atoms with Gasteiger partial charge in [-0.3, -0.25) is 19.3 Å². The minimum absolute atomic E-state index is 0.0224. The number of fused-ring (bicyclic) bond motifs is 1. The number of nitriles is 1. The molecule has 49 heavy (non-hydrogen) atoms. The van der Waals surface area contributed by atoms with Crippen LogP contribution in [0.2, 0.25) is 0 Å². The average Bonchev–Trinajstić information content (AvgIpc) is 3.39. The molecule has 12 heteroatoms. The number of halogens is 1. The smallest absolute Gasteiger partial charge is 0.306 e. The Bertz CT molecular complexity index is 1830. The Labute approximate surface area is 285 Å². The summed E-state index contributed by atoms with van der Waals surface area (Å²) in [5.74, 6) is -1.61. The van der Waals surface area contributed by atoms with Crippen LogP contribution in [0, 0.1) is 23.7 Å². The molecule has 3 aromatic carbocycles. The molecular weight excluding hydrogens is 627 g/mol. The molecule has 0 radical (unpaired) electrons. The first kappa shape index (κ1) is 34.9. The van der Waals surface area contributed by atoms with E-state index in [1.807, 2.05) is 12.1 Å². The van der Waals surface area contributed by atoms with Gasteiger partial charge in [-0.2, -0.15) is 5.26 Å². The van der Waals surface area contributed by atoms with Crippen molar-refractivity contribution in [1.82, 2.24) is 9.80 Å². The lowest BCUT2D eigenvalue weighted by Gasteiger charge is -2.36. The Kier molecular flexibility index (Phi) is 10.5. The monoisotopic (exact) mass is 666 g/mol. The van der Waals surface area contributed by atoms with Gasteiger partial charge in [0.25, 0.3) is 5.91 Å². The number of hydrogen-bond acceptors (Lipinski definition) is 8. The maximum absolute atomic E-state index is 15.3. The lowest BCUT2D eigenvalue weighted by molar-refractivity contribution is -0.155. The molecule has 0 bridgehead atoms. The number of rotatable bonds is 11. The summed E-state index contributed by atoms with van der Waals surface area (Å²) < 4.78 is 26.6. The predicted octanol–water partition coefficient (Wildman–Crippen LogP) is 5.08. The Morgan fingerprint density at radius 2 is 1.86 bits per heavy atom. The van der Waals surface area contributed by atoms with Gasteiger partial charge in [0, 0.05) is 61.5 Å². The molecule has 1 saturated heterocycles. The molecule has 3 aromatic rings. The summed E-state index contributed by atoms with van der Waals surface area (Å²) in [5, 5.41) is 9.36. The van der Waals surface area contributed by atoms with E-state index in [1.165, 1.54) is 11.0 Å². The number of nitrogens with two attached hydrogens (primary N) is 1. The van der Waals surface area contributed by atoms with Crippen LogP contribution >= 0.6 is 0 Å². The van der Waals surface area contributed by atoms with Gasteiger partial charge in [0.2, 0.25) is 11.6 Å². The Morgan fingerprint density at radius 3 is 2.51 bits per heavy atom. The highest BCUT2D eigenvalue weighted by Gasteiger charge is 2.37. The molecule has 0 aromatic heterocycles. The summed E-state index contributed by atoms with van der Waals surface area (Å²) in [6.45, 7) is 16.0. The fourth-order valence-corrected chi connectivity index (χ4v) is 6.10. The van der Waals surface area contributed by atoms with Crippen molar-refractivity contribution in [3.8, 4) is 11.8 Å². The first-order valence-electron chi connectivity index (χ1n) is 16.1. The van der Waals surface area contributed by atoms with Crippen LogP contribution in [0.3, 0.4) is 0 Å². The van der Waals surface area contributed by atoms with Gasteiger partial charge in [-0.15, -0.1) is 0 Å². The number of piperazine rings is 1. The normalized spacial score (nSPS) is 15.3. The number of hydrogen-bond donors (Lipinski definition) is 1. The number of benzene rings is 3. The van der Waals surface area contributed by atoms with Gasteiger partial charge in [0.15, 0.2) is 0 Å². The molecule has 0 saturated carbocycles. The molecule has 2 amide bonds. The van der Waals surface area contributed by atoms with Crippen molar-refractivity contribution >= 4 is 29.2 Å². The fraction of sp³-hybridized carbons (Fsp3) is 0.378. The van der Waals surface area contributed by atoms with Crippen LogP contribution in [-0.2, 0) is 34.0 Å². The van der Waals surface area contributed by atoms with Crippen LogP contribution in [0.25, 0.3) is 4.85 Å². The summed E-state index contributed by atoms with van der Waals surface area (Å²) in [4.78, 5) is 47.1. The standard InChI is InChI=1S/C37H39FN6O5/c1-37(2,3)49-34(45)13-12-32(35(40)46)44-22-29-28(36(44)47)6-5-7-33(29)48-23-25-9-8-24(18-30(25)38)21-42-14-16-43(17-15-42)27-10-11-31(41-4)26(19-27)20-39/h5-11,18-19,32H,12-17,21-23H2,1-3H3,(H2,40,46)/t32-/m0/s1. The summed E-state index contributed by atoms with van der Waals surface area (Å²) in [6.07, 6.45) is -0.0576. The zero-order valence-corrected chi connectivity index (χ0v) is 27.9. The van der Waals surface area contributed by atoms with Crippen molar-refractivity contribution in [3.05, 3.63) is 99.6 Å². The molecular formula is C37H39FN6O5. The second kappa shape index (κ2) is 14.8. The molecule has 1 atom stereocenters. The molecule has 5 rings (SSSR count). The summed E-state index contributed by atoms with van der Waals surface area (Å²) in [6, 6.07) is 16.5. The highest BCUT2D eigenvalue weighted by atomic mass is 19.1. The van der Waals surface area contributed by atoms with E-state index in [4.69, 9.17) is 21.8 Å². The highest BCUT2D eigenvalue weighted by molar-refractivity contribution is 6.01. The first-order chi connectivity index (χ1) is 23.4. The third kappa shape index (κ3) is 8.34. The van der Waals surface area contributed by atoms with Crippen molar-refractivity contribution in [1.29, 1.82) is 5.26 Å². The van der Waals surface area contributed by atoms with Crippen molar-refractivity contribution in [2.45, 2.75) is 65.0 Å². The van der Waals surface area contributed by atoms with E-state index in [-0.39, 0.29) is 26.0 Å². The van der Waals surface area contributed by atoms with Crippen molar-refractivity contribution in [2.24, 2.45) is 5.73 Å². The number of carbonyl (C=O) groups is 3. The number of carbonyl (C=O) groups excluding carboxylic acids is 3. The summed E-state index contributed by atoms with van der Waals surface area (Å²) in [5.41, 5.74) is 8.71. The van der Waals surface area contributed by atoms with Crippen LogP contribution in [0.1, 0.15) is 66.2 Å². The van der Waals surface area contributed by atoms with Crippen LogP contribution in [-0.4, -0.2) is 65.4 Å². The number of ether oxygens (including phenoxy) is 2. The van der Waals surface area contributed by atoms with E-state index in [1.54, 1.807) is 57.2 Å². The second-order valence-corrected chi connectivity index (χ2v) is 13.2. The molecule has 2 heterocycles. The highest BCUT2D eigenvalue weighted by Crippen LogP contribution is 2.34. The number of amides is 2. The van der Waals surface area contributed by atoms with Gasteiger partial charge in [-0.05, 0) is 63.1 Å². The zero-order chi connectivity index (χ0) is 35.3. The van der Waals surface area contributed by atoms with Gasteiger partial charge < -0.3 is 25.0 Å². The van der Waals surface area contributed by atoms with Gasteiger partial charge in [0.05, 0.1) is 24.7 Å². The lowest BCUT2D eigenvalue weighted by atomic mass is 10.1. The van der Waals surface area contributed by atoms with Gasteiger partial charge in [0.1, 0.15) is 29.8 Å². The molecule has 2 aliphatic rings. The molecule has 2 aliphatic heterocycles. The molecule has 11 nitrogen and oxygen atoms in total.